The van der Waals surface area contributed by atoms with Crippen molar-refractivity contribution in [3.8, 4) is 10.7 Å². The van der Waals surface area contributed by atoms with Gasteiger partial charge in [-0.15, -0.1) is 11.3 Å². The van der Waals surface area contributed by atoms with Gasteiger partial charge in [-0.05, 0) is 41.4 Å². The highest BCUT2D eigenvalue weighted by atomic mass is 32.1. The summed E-state index contributed by atoms with van der Waals surface area (Å²) in [6.45, 7) is 0.811. The number of thiophene rings is 1. The van der Waals surface area contributed by atoms with Crippen molar-refractivity contribution in [3.05, 3.63) is 57.9 Å². The maximum atomic E-state index is 12.8. The molecule has 3 rings (SSSR count). The van der Waals surface area contributed by atoms with Gasteiger partial charge >= 0.3 is 0 Å². The molecule has 0 radical (unpaired) electrons. The van der Waals surface area contributed by atoms with Crippen molar-refractivity contribution >= 4 is 29.5 Å². The number of aromatic amines is 1. The highest BCUT2D eigenvalue weighted by molar-refractivity contribution is 7.71. The summed E-state index contributed by atoms with van der Waals surface area (Å²) >= 11 is 6.80. The van der Waals surface area contributed by atoms with Gasteiger partial charge in [0.15, 0.2) is 10.6 Å². The Labute approximate surface area is 147 Å². The summed E-state index contributed by atoms with van der Waals surface area (Å²) in [4.78, 5) is 13.0. The van der Waals surface area contributed by atoms with Crippen molar-refractivity contribution in [2.24, 2.45) is 0 Å². The fourth-order valence-electron chi connectivity index (χ4n) is 2.22. The van der Waals surface area contributed by atoms with Crippen LogP contribution in [-0.2, 0) is 17.9 Å². The third kappa shape index (κ3) is 3.95. The Morgan fingerprint density at radius 1 is 1.33 bits per heavy atom. The second-order valence-electron chi connectivity index (χ2n) is 5.13. The number of hydrogen-bond acceptors (Lipinski definition) is 4. The Morgan fingerprint density at radius 3 is 2.83 bits per heavy atom. The Kier molecular flexibility index (Phi) is 5.17. The Morgan fingerprint density at radius 2 is 2.12 bits per heavy atom. The van der Waals surface area contributed by atoms with Crippen LogP contribution in [-0.4, -0.2) is 20.7 Å². The molecule has 124 valence electrons. The van der Waals surface area contributed by atoms with Gasteiger partial charge < -0.3 is 5.32 Å². The van der Waals surface area contributed by atoms with Crippen LogP contribution in [0.4, 0.5) is 4.39 Å². The van der Waals surface area contributed by atoms with Crippen molar-refractivity contribution in [3.63, 3.8) is 0 Å². The van der Waals surface area contributed by atoms with Crippen molar-refractivity contribution < 1.29 is 9.18 Å². The SMILES string of the molecule is O=C(CCn1c(-c2cccs2)n[nH]c1=S)NCc1ccc(F)cc1. The molecule has 5 nitrogen and oxygen atoms in total. The second-order valence-corrected chi connectivity index (χ2v) is 6.47. The van der Waals surface area contributed by atoms with Gasteiger partial charge in [-0.1, -0.05) is 18.2 Å². The number of rotatable bonds is 6. The molecular formula is C16H15FN4OS2. The van der Waals surface area contributed by atoms with E-state index in [9.17, 15) is 9.18 Å². The van der Waals surface area contributed by atoms with Crippen LogP contribution in [0, 0.1) is 10.6 Å². The normalized spacial score (nSPS) is 10.7. The third-order valence-corrected chi connectivity index (χ3v) is 4.64. The van der Waals surface area contributed by atoms with E-state index in [0.29, 0.717) is 17.9 Å². The van der Waals surface area contributed by atoms with Gasteiger partial charge in [-0.3, -0.25) is 14.5 Å². The minimum absolute atomic E-state index is 0.0976. The number of carbonyl (C=O) groups is 1. The van der Waals surface area contributed by atoms with Crippen LogP contribution >= 0.6 is 23.6 Å². The Hall–Kier alpha value is -2.32. The highest BCUT2D eigenvalue weighted by Crippen LogP contribution is 2.22. The minimum Gasteiger partial charge on any atom is -0.352 e. The summed E-state index contributed by atoms with van der Waals surface area (Å²) in [6, 6.07) is 9.95. The fourth-order valence-corrected chi connectivity index (χ4v) is 3.17. The van der Waals surface area contributed by atoms with Gasteiger partial charge in [0, 0.05) is 19.5 Å². The quantitative estimate of drug-likeness (QED) is 0.660. The van der Waals surface area contributed by atoms with E-state index in [2.05, 4.69) is 15.5 Å². The molecule has 0 aliphatic carbocycles. The number of hydrogen-bond donors (Lipinski definition) is 2. The molecule has 0 aliphatic heterocycles. The van der Waals surface area contributed by atoms with Crippen LogP contribution in [0.15, 0.2) is 41.8 Å². The molecule has 2 heterocycles. The van der Waals surface area contributed by atoms with E-state index in [4.69, 9.17) is 12.2 Å². The number of H-pyrrole nitrogens is 1. The van der Waals surface area contributed by atoms with E-state index in [1.165, 1.54) is 12.1 Å². The smallest absolute Gasteiger partial charge is 0.222 e. The molecule has 0 fully saturated rings. The lowest BCUT2D eigenvalue weighted by atomic mass is 10.2. The van der Waals surface area contributed by atoms with Gasteiger partial charge in [-0.2, -0.15) is 5.10 Å². The maximum absolute atomic E-state index is 12.8. The van der Waals surface area contributed by atoms with Crippen LogP contribution in [0.3, 0.4) is 0 Å². The number of nitrogens with zero attached hydrogens (tertiary/aromatic N) is 2. The van der Waals surface area contributed by atoms with Crippen molar-refractivity contribution in [2.75, 3.05) is 0 Å². The Balaban J connectivity index is 1.58. The molecule has 0 bridgehead atoms. The van der Waals surface area contributed by atoms with Crippen LogP contribution < -0.4 is 5.32 Å². The van der Waals surface area contributed by atoms with Gasteiger partial charge in [0.05, 0.1) is 4.88 Å². The molecule has 1 amide bonds. The number of nitrogens with one attached hydrogen (secondary N) is 2. The number of amides is 1. The van der Waals surface area contributed by atoms with Crippen LogP contribution in [0.5, 0.6) is 0 Å². The molecule has 1 aromatic carbocycles. The Bertz CT molecular complexity index is 868. The summed E-state index contributed by atoms with van der Waals surface area (Å²) in [7, 11) is 0. The van der Waals surface area contributed by atoms with E-state index >= 15 is 0 Å². The molecule has 0 saturated carbocycles. The summed E-state index contributed by atoms with van der Waals surface area (Å²) in [6.07, 6.45) is 0.285. The van der Waals surface area contributed by atoms with Crippen LogP contribution in [0.2, 0.25) is 0 Å². The molecule has 2 N–H and O–H groups in total. The molecule has 8 heteroatoms. The zero-order valence-corrected chi connectivity index (χ0v) is 14.3. The van der Waals surface area contributed by atoms with Crippen molar-refractivity contribution in [1.82, 2.24) is 20.1 Å². The fraction of sp³-hybridized carbons (Fsp3) is 0.188. The van der Waals surface area contributed by atoms with Gasteiger partial charge in [-0.25, -0.2) is 4.39 Å². The topological polar surface area (TPSA) is 62.7 Å². The summed E-state index contributed by atoms with van der Waals surface area (Å²) < 4.78 is 15.2. The zero-order valence-electron chi connectivity index (χ0n) is 12.7. The predicted octanol–water partition coefficient (Wildman–Crippen LogP) is 3.51. The first-order valence-electron chi connectivity index (χ1n) is 7.34. The number of benzene rings is 1. The van der Waals surface area contributed by atoms with Crippen LogP contribution in [0.1, 0.15) is 12.0 Å². The lowest BCUT2D eigenvalue weighted by Gasteiger charge is -2.07. The lowest BCUT2D eigenvalue weighted by molar-refractivity contribution is -0.121. The van der Waals surface area contributed by atoms with Crippen LogP contribution in [0.25, 0.3) is 10.7 Å². The molecule has 0 spiro atoms. The van der Waals surface area contributed by atoms with Crippen molar-refractivity contribution in [2.45, 2.75) is 19.5 Å². The van der Waals surface area contributed by atoms with E-state index in [1.54, 1.807) is 23.5 Å². The number of carbonyl (C=O) groups excluding carboxylic acids is 1. The number of aromatic nitrogens is 3. The molecule has 0 atom stereocenters. The monoisotopic (exact) mass is 362 g/mol. The van der Waals surface area contributed by atoms with E-state index in [0.717, 1.165) is 16.3 Å². The summed E-state index contributed by atoms with van der Waals surface area (Å²) in [5.74, 6) is 0.349. The average molecular weight is 362 g/mol. The first kappa shape index (κ1) is 16.5. The second kappa shape index (κ2) is 7.50. The van der Waals surface area contributed by atoms with Gasteiger partial charge in [0.1, 0.15) is 5.82 Å². The average Bonchev–Trinajstić information content (AvgIpc) is 3.22. The summed E-state index contributed by atoms with van der Waals surface area (Å²) in [5, 5.41) is 11.8. The highest BCUT2D eigenvalue weighted by Gasteiger charge is 2.11. The summed E-state index contributed by atoms with van der Waals surface area (Å²) in [5.41, 5.74) is 0.851. The molecular weight excluding hydrogens is 347 g/mol. The minimum atomic E-state index is -0.291. The molecule has 24 heavy (non-hydrogen) atoms. The first-order chi connectivity index (χ1) is 11.6. The zero-order chi connectivity index (χ0) is 16.9. The molecule has 2 aromatic heterocycles. The third-order valence-electron chi connectivity index (χ3n) is 3.47. The van der Waals surface area contributed by atoms with E-state index < -0.39 is 0 Å². The standard InChI is InChI=1S/C16H15FN4OS2/c17-12-5-3-11(4-6-12)10-18-14(22)7-8-21-15(19-20-16(21)23)13-2-1-9-24-13/h1-6,9H,7-8,10H2,(H,18,22)(H,20,23). The van der Waals surface area contributed by atoms with E-state index in [1.807, 2.05) is 22.1 Å². The molecule has 0 saturated heterocycles. The van der Waals surface area contributed by atoms with Gasteiger partial charge in [0.2, 0.25) is 5.91 Å². The van der Waals surface area contributed by atoms with E-state index in [-0.39, 0.29) is 18.1 Å². The first-order valence-corrected chi connectivity index (χ1v) is 8.62. The lowest BCUT2D eigenvalue weighted by Crippen LogP contribution is -2.24. The largest absolute Gasteiger partial charge is 0.352 e. The number of halogens is 1. The van der Waals surface area contributed by atoms with Crippen molar-refractivity contribution in [1.29, 1.82) is 0 Å². The maximum Gasteiger partial charge on any atom is 0.222 e. The van der Waals surface area contributed by atoms with Gasteiger partial charge in [0.25, 0.3) is 0 Å². The molecule has 0 aliphatic rings. The molecule has 0 unspecified atom stereocenters. The molecule has 3 aromatic rings. The predicted molar refractivity (Wildman–Crippen MR) is 93.6 cm³/mol.